The predicted molar refractivity (Wildman–Crippen MR) is 84.8 cm³/mol. The lowest BCUT2D eigenvalue weighted by Crippen LogP contribution is -2.41. The second-order valence-corrected chi connectivity index (χ2v) is 7.72. The molecule has 0 N–H and O–H groups in total. The Labute approximate surface area is 124 Å². The molecule has 110 valence electrons. The molecule has 1 saturated heterocycles. The summed E-state index contributed by atoms with van der Waals surface area (Å²) in [5, 5.41) is 0. The molecule has 0 bridgehead atoms. The summed E-state index contributed by atoms with van der Waals surface area (Å²) in [6.45, 7) is 13.0. The molecular weight excluding hydrogens is 247 g/mol. The molecule has 0 radical (unpaired) electrons. The smallest absolute Gasteiger partial charge is 0.403 e. The van der Waals surface area contributed by atoms with Gasteiger partial charge in [0.25, 0.3) is 0 Å². The predicted octanol–water partition coefficient (Wildman–Crippen LogP) is 4.35. The minimum Gasteiger partial charge on any atom is -0.403 e. The molecule has 1 fully saturated rings. The van der Waals surface area contributed by atoms with Gasteiger partial charge in [0.1, 0.15) is 0 Å². The largest absolute Gasteiger partial charge is 0.458 e. The maximum atomic E-state index is 6.12. The van der Waals surface area contributed by atoms with Crippen LogP contribution in [0.4, 0.5) is 0 Å². The maximum Gasteiger partial charge on any atom is 0.458 e. The van der Waals surface area contributed by atoms with Gasteiger partial charge in [0.2, 0.25) is 0 Å². The average molecular weight is 274 g/mol. The van der Waals surface area contributed by atoms with Gasteiger partial charge in [-0.05, 0) is 51.4 Å². The Morgan fingerprint density at radius 2 is 1.45 bits per heavy atom. The lowest BCUT2D eigenvalue weighted by Gasteiger charge is -2.32. The van der Waals surface area contributed by atoms with Gasteiger partial charge in [-0.25, -0.2) is 0 Å². The van der Waals surface area contributed by atoms with Gasteiger partial charge < -0.3 is 9.31 Å². The lowest BCUT2D eigenvalue weighted by atomic mass is 9.67. The van der Waals surface area contributed by atoms with Crippen molar-refractivity contribution >= 4 is 7.12 Å². The van der Waals surface area contributed by atoms with Crippen LogP contribution in [0, 0.1) is 5.41 Å². The van der Waals surface area contributed by atoms with Crippen molar-refractivity contribution in [2.24, 2.45) is 5.41 Å². The molecule has 20 heavy (non-hydrogen) atoms. The fraction of sp³-hybridized carbons (Fsp3) is 0.647. The molecule has 0 unspecified atom stereocenters. The summed E-state index contributed by atoms with van der Waals surface area (Å²) >= 11 is 0. The molecule has 0 atom stereocenters. The van der Waals surface area contributed by atoms with E-state index in [1.54, 1.807) is 0 Å². The van der Waals surface area contributed by atoms with Gasteiger partial charge >= 0.3 is 7.12 Å². The normalized spacial score (nSPS) is 21.2. The molecule has 0 aromatic heterocycles. The minimum absolute atomic E-state index is 0.112. The van der Waals surface area contributed by atoms with Gasteiger partial charge in [-0.15, -0.1) is 0 Å². The van der Waals surface area contributed by atoms with Gasteiger partial charge in [0, 0.05) is 0 Å². The third-order valence-electron chi connectivity index (χ3n) is 4.55. The Hall–Kier alpha value is -0.795. The lowest BCUT2D eigenvalue weighted by molar-refractivity contribution is 0.00578. The molecular formula is C17H27BO2. The highest BCUT2D eigenvalue weighted by Gasteiger charge is 2.52. The first-order valence-corrected chi connectivity index (χ1v) is 7.51. The molecule has 0 saturated carbocycles. The van der Waals surface area contributed by atoms with E-state index in [4.69, 9.17) is 9.31 Å². The molecule has 1 aromatic carbocycles. The Kier molecular flexibility index (Phi) is 4.05. The molecule has 2 rings (SSSR count). The van der Waals surface area contributed by atoms with E-state index in [9.17, 15) is 0 Å². The van der Waals surface area contributed by atoms with E-state index in [2.05, 4.69) is 71.9 Å². The van der Waals surface area contributed by atoms with Crippen LogP contribution in [0.25, 0.3) is 0 Å². The first-order chi connectivity index (χ1) is 9.11. The van der Waals surface area contributed by atoms with Crippen molar-refractivity contribution < 1.29 is 9.31 Å². The van der Waals surface area contributed by atoms with Gasteiger partial charge in [0.05, 0.1) is 11.2 Å². The molecule has 1 aromatic rings. The molecule has 0 amide bonds. The van der Waals surface area contributed by atoms with Crippen LogP contribution >= 0.6 is 0 Å². The van der Waals surface area contributed by atoms with E-state index in [0.717, 1.165) is 12.7 Å². The molecule has 1 aliphatic heterocycles. The maximum absolute atomic E-state index is 6.12. The van der Waals surface area contributed by atoms with Crippen molar-refractivity contribution in [3.63, 3.8) is 0 Å². The SMILES string of the molecule is CC(C)(CB1OC(C)(C)C(C)(C)O1)Cc1ccccc1. The van der Waals surface area contributed by atoms with E-state index < -0.39 is 0 Å². The Balaban J connectivity index is 2.00. The van der Waals surface area contributed by atoms with Gasteiger partial charge in [0.15, 0.2) is 0 Å². The highest BCUT2D eigenvalue weighted by Crippen LogP contribution is 2.41. The quantitative estimate of drug-likeness (QED) is 0.760. The summed E-state index contributed by atoms with van der Waals surface area (Å²) in [6, 6.07) is 10.6. The zero-order valence-electron chi connectivity index (χ0n) is 13.7. The highest BCUT2D eigenvalue weighted by molar-refractivity contribution is 6.45. The fourth-order valence-electron chi connectivity index (χ4n) is 2.72. The van der Waals surface area contributed by atoms with Crippen LogP contribution in [0.15, 0.2) is 30.3 Å². The summed E-state index contributed by atoms with van der Waals surface area (Å²) in [7, 11) is -0.112. The first kappa shape index (κ1) is 15.6. The summed E-state index contributed by atoms with van der Waals surface area (Å²) < 4.78 is 12.2. The van der Waals surface area contributed by atoms with Crippen LogP contribution in [0.1, 0.15) is 47.1 Å². The van der Waals surface area contributed by atoms with Crippen LogP contribution in [-0.2, 0) is 15.7 Å². The monoisotopic (exact) mass is 274 g/mol. The summed E-state index contributed by atoms with van der Waals surface area (Å²) in [6.07, 6.45) is 1.95. The first-order valence-electron chi connectivity index (χ1n) is 7.51. The Bertz CT molecular complexity index is 435. The molecule has 2 nitrogen and oxygen atoms in total. The average Bonchev–Trinajstić information content (AvgIpc) is 2.46. The van der Waals surface area contributed by atoms with Crippen LogP contribution in [-0.4, -0.2) is 18.3 Å². The third-order valence-corrected chi connectivity index (χ3v) is 4.55. The number of hydrogen-bond acceptors (Lipinski definition) is 2. The number of rotatable bonds is 4. The van der Waals surface area contributed by atoms with Crippen LogP contribution in [0.3, 0.4) is 0 Å². The zero-order valence-corrected chi connectivity index (χ0v) is 13.7. The van der Waals surface area contributed by atoms with E-state index in [0.29, 0.717) is 0 Å². The van der Waals surface area contributed by atoms with Gasteiger partial charge in [-0.2, -0.15) is 0 Å². The second kappa shape index (κ2) is 5.20. The standard InChI is InChI=1S/C17H27BO2/c1-15(2,12-14-10-8-7-9-11-14)13-18-19-16(3,4)17(5,6)20-18/h7-11H,12-13H2,1-6H3. The van der Waals surface area contributed by atoms with Crippen molar-refractivity contribution in [3.05, 3.63) is 35.9 Å². The van der Waals surface area contributed by atoms with Crippen LogP contribution in [0.5, 0.6) is 0 Å². The molecule has 1 heterocycles. The highest BCUT2D eigenvalue weighted by atomic mass is 16.7. The summed E-state index contributed by atoms with van der Waals surface area (Å²) in [4.78, 5) is 0. The Morgan fingerprint density at radius 3 is 1.95 bits per heavy atom. The molecule has 3 heteroatoms. The third kappa shape index (κ3) is 3.45. The summed E-state index contributed by atoms with van der Waals surface area (Å²) in [5.74, 6) is 0. The van der Waals surface area contributed by atoms with Crippen molar-refractivity contribution in [2.75, 3.05) is 0 Å². The van der Waals surface area contributed by atoms with Crippen molar-refractivity contribution in [2.45, 2.75) is 65.5 Å². The van der Waals surface area contributed by atoms with Gasteiger partial charge in [-0.3, -0.25) is 0 Å². The van der Waals surface area contributed by atoms with Crippen molar-refractivity contribution in [3.8, 4) is 0 Å². The van der Waals surface area contributed by atoms with Crippen molar-refractivity contribution in [1.29, 1.82) is 0 Å². The fourth-order valence-corrected chi connectivity index (χ4v) is 2.72. The van der Waals surface area contributed by atoms with E-state index in [-0.39, 0.29) is 23.7 Å². The van der Waals surface area contributed by atoms with E-state index in [1.165, 1.54) is 5.56 Å². The number of benzene rings is 1. The second-order valence-electron chi connectivity index (χ2n) is 7.72. The molecule has 1 aliphatic rings. The summed E-state index contributed by atoms with van der Waals surface area (Å²) in [5.41, 5.74) is 1.05. The molecule has 0 aliphatic carbocycles. The van der Waals surface area contributed by atoms with E-state index >= 15 is 0 Å². The van der Waals surface area contributed by atoms with E-state index in [1.807, 2.05) is 0 Å². The topological polar surface area (TPSA) is 18.5 Å². The minimum atomic E-state index is -0.236. The zero-order chi connectivity index (χ0) is 15.0. The van der Waals surface area contributed by atoms with Crippen LogP contribution in [0.2, 0.25) is 6.32 Å². The van der Waals surface area contributed by atoms with Crippen molar-refractivity contribution in [1.82, 2.24) is 0 Å². The Morgan fingerprint density at radius 1 is 0.950 bits per heavy atom. The molecule has 0 spiro atoms. The number of hydrogen-bond donors (Lipinski definition) is 0. The van der Waals surface area contributed by atoms with Crippen LogP contribution < -0.4 is 0 Å². The van der Waals surface area contributed by atoms with Gasteiger partial charge in [-0.1, -0.05) is 44.2 Å².